The Morgan fingerprint density at radius 3 is 2.40 bits per heavy atom. The van der Waals surface area contributed by atoms with Crippen molar-refractivity contribution in [3.05, 3.63) is 155 Å². The number of fused-ring (bicyclic) bond motifs is 9. The van der Waals surface area contributed by atoms with E-state index in [2.05, 4.69) is 162 Å². The van der Waals surface area contributed by atoms with Crippen molar-refractivity contribution >= 4 is 92.8 Å². The van der Waals surface area contributed by atoms with E-state index in [1.165, 1.54) is 27.9 Å². The molecule has 5 nitrogen and oxygen atoms in total. The molecule has 0 unspecified atom stereocenters. The second-order valence-electron chi connectivity index (χ2n) is 15.6. The normalized spacial score (nSPS) is 14.1. The number of hydrogen-bond acceptors (Lipinski definition) is 4. The van der Waals surface area contributed by atoms with Gasteiger partial charge in [0, 0.05) is 16.2 Å². The third-order valence-electron chi connectivity index (χ3n) is 11.7. The van der Waals surface area contributed by atoms with Gasteiger partial charge in [-0.1, -0.05) is 44.2 Å². The van der Waals surface area contributed by atoms with Gasteiger partial charge in [0.25, 0.3) is 0 Å². The van der Waals surface area contributed by atoms with Gasteiger partial charge in [0.2, 0.25) is 0 Å². The van der Waals surface area contributed by atoms with Gasteiger partial charge in [-0.15, -0.1) is 0 Å². The average Bonchev–Trinajstić information content (AvgIpc) is 3.90. The molecule has 10 rings (SSSR count). The van der Waals surface area contributed by atoms with Crippen LogP contribution < -0.4 is 0 Å². The topological polar surface area (TPSA) is 57.0 Å². The molecular formula is C50H41B2N3O2. The second-order valence-corrected chi connectivity index (χ2v) is 15.6. The first kappa shape index (κ1) is 35.0. The molecule has 0 N–H and O–H groups in total. The van der Waals surface area contributed by atoms with Crippen LogP contribution in [0.3, 0.4) is 0 Å². The summed E-state index contributed by atoms with van der Waals surface area (Å²) in [6.07, 6.45) is 7.49. The zero-order valence-corrected chi connectivity index (χ0v) is 33.0. The van der Waals surface area contributed by atoms with Crippen molar-refractivity contribution in [1.29, 1.82) is 0 Å². The van der Waals surface area contributed by atoms with E-state index >= 15 is 0 Å². The molecule has 0 atom stereocenters. The molecule has 0 spiro atoms. The summed E-state index contributed by atoms with van der Waals surface area (Å²) in [5.74, 6) is 5.42. The van der Waals surface area contributed by atoms with Crippen LogP contribution >= 0.6 is 0 Å². The van der Waals surface area contributed by atoms with E-state index in [-0.39, 0.29) is 5.41 Å². The minimum absolute atomic E-state index is 0.239. The van der Waals surface area contributed by atoms with Crippen molar-refractivity contribution in [3.63, 3.8) is 0 Å². The predicted octanol–water partition coefficient (Wildman–Crippen LogP) is 11.9. The Bertz CT molecular complexity index is 3230. The standard InChI is InChI=1S/C50H41B2N3O2/c1-6-7-14-32-33-17-12-19-37(47(33)57-43(32)27-51)49-53-40-21-10-8-15-34(40)44(54-49)31(28-52-5)25-29(2)30-23-24-41-39(26-30)50(3,4)38-20-13-18-36-45(38)55(41)46-35-16-9-11-22-42(35)56-48(36)46/h7-28,51-52H,6H2,1-5H3/b14-7-,29-25+,31-28+. The Labute approximate surface area is 333 Å². The summed E-state index contributed by atoms with van der Waals surface area (Å²) < 4.78 is 15.4. The van der Waals surface area contributed by atoms with Crippen LogP contribution in [0.4, 0.5) is 0 Å². The Morgan fingerprint density at radius 1 is 0.807 bits per heavy atom. The van der Waals surface area contributed by atoms with E-state index in [1.807, 2.05) is 12.1 Å². The number of para-hydroxylation sites is 4. The fourth-order valence-electron chi connectivity index (χ4n) is 8.95. The third kappa shape index (κ3) is 5.29. The number of benzene rings is 5. The van der Waals surface area contributed by atoms with E-state index in [0.717, 1.165) is 96.8 Å². The van der Waals surface area contributed by atoms with Crippen molar-refractivity contribution < 1.29 is 8.83 Å². The van der Waals surface area contributed by atoms with Gasteiger partial charge in [-0.25, -0.2) is 0 Å². The fraction of sp³-hybridized carbons (Fsp3) is 0.140. The molecule has 0 radical (unpaired) electrons. The van der Waals surface area contributed by atoms with Crippen LogP contribution in [0.15, 0.2) is 130 Å². The molecule has 1 aliphatic heterocycles. The number of furan rings is 2. The van der Waals surface area contributed by atoms with E-state index < -0.39 is 0 Å². The first-order valence-corrected chi connectivity index (χ1v) is 19.9. The van der Waals surface area contributed by atoms with Crippen LogP contribution in [-0.2, 0) is 5.41 Å². The Balaban J connectivity index is 1.13. The maximum absolute atomic E-state index is 6.54. The van der Waals surface area contributed by atoms with Gasteiger partial charge in [-0.2, -0.15) is 0 Å². The predicted molar refractivity (Wildman–Crippen MR) is 244 cm³/mol. The maximum atomic E-state index is 6.54. The summed E-state index contributed by atoms with van der Waals surface area (Å²) in [6, 6.07) is 36.5. The molecule has 0 saturated heterocycles. The molecule has 0 fully saturated rings. The number of rotatable bonds is 8. The molecule has 4 aromatic heterocycles. The zero-order chi connectivity index (χ0) is 39.0. The summed E-state index contributed by atoms with van der Waals surface area (Å²) in [7, 11) is 4.89. The van der Waals surface area contributed by atoms with Crippen LogP contribution in [-0.4, -0.2) is 35.3 Å². The molecule has 0 bridgehead atoms. The third-order valence-corrected chi connectivity index (χ3v) is 11.7. The van der Waals surface area contributed by atoms with Crippen molar-refractivity contribution in [1.82, 2.24) is 14.5 Å². The Kier molecular flexibility index (Phi) is 8.19. The molecule has 274 valence electrons. The minimum atomic E-state index is -0.239. The van der Waals surface area contributed by atoms with Gasteiger partial charge in [0.1, 0.15) is 11.1 Å². The van der Waals surface area contributed by atoms with Crippen molar-refractivity contribution in [2.45, 2.75) is 46.4 Å². The van der Waals surface area contributed by atoms with Crippen LogP contribution in [0.25, 0.3) is 89.1 Å². The summed E-state index contributed by atoms with van der Waals surface area (Å²) in [5.41, 5.74) is 15.5. The van der Waals surface area contributed by atoms with Crippen LogP contribution in [0.5, 0.6) is 0 Å². The zero-order valence-electron chi connectivity index (χ0n) is 33.0. The summed E-state index contributed by atoms with van der Waals surface area (Å²) in [5, 5.41) is 4.31. The molecule has 1 aliphatic rings. The Morgan fingerprint density at radius 2 is 1.58 bits per heavy atom. The van der Waals surface area contributed by atoms with Crippen LogP contribution in [0.1, 0.15) is 67.8 Å². The molecule has 0 amide bonds. The summed E-state index contributed by atoms with van der Waals surface area (Å²) in [4.78, 5) is 10.5. The van der Waals surface area contributed by atoms with Gasteiger partial charge in [0.05, 0.1) is 11.2 Å². The van der Waals surface area contributed by atoms with Crippen molar-refractivity contribution in [2.24, 2.45) is 0 Å². The average molecular weight is 738 g/mol. The van der Waals surface area contributed by atoms with Gasteiger partial charge in [0.15, 0.2) is 5.58 Å². The summed E-state index contributed by atoms with van der Waals surface area (Å²) >= 11 is 0. The molecule has 7 heteroatoms. The number of nitrogens with zero attached hydrogens (tertiary/aromatic N) is 3. The van der Waals surface area contributed by atoms with Gasteiger partial charge < -0.3 is 8.98 Å². The first-order chi connectivity index (χ1) is 27.8. The molecule has 9 aromatic rings. The van der Waals surface area contributed by atoms with Crippen LogP contribution in [0, 0.1) is 0 Å². The summed E-state index contributed by atoms with van der Waals surface area (Å²) in [6.45, 7) is 11.2. The fourth-order valence-corrected chi connectivity index (χ4v) is 8.95. The van der Waals surface area contributed by atoms with E-state index in [0.29, 0.717) is 5.82 Å². The Hall–Kier alpha value is -6.46. The molecule has 5 heterocycles. The van der Waals surface area contributed by atoms with Crippen molar-refractivity contribution in [3.8, 4) is 17.1 Å². The number of aromatic nitrogens is 3. The van der Waals surface area contributed by atoms with E-state index in [1.54, 1.807) is 5.97 Å². The van der Waals surface area contributed by atoms with Gasteiger partial charge >= 0.3 is 196 Å². The molecule has 57 heavy (non-hydrogen) atoms. The van der Waals surface area contributed by atoms with Crippen molar-refractivity contribution in [2.75, 3.05) is 0 Å². The first-order valence-electron chi connectivity index (χ1n) is 19.9. The quantitative estimate of drug-likeness (QED) is 0.115. The monoisotopic (exact) mass is 737 g/mol. The molecular weight excluding hydrogens is 696 g/mol. The second kappa shape index (κ2) is 13.3. The van der Waals surface area contributed by atoms with Crippen LogP contribution in [0.2, 0.25) is 6.82 Å². The van der Waals surface area contributed by atoms with Gasteiger partial charge in [-0.3, -0.25) is 0 Å². The van der Waals surface area contributed by atoms with Gasteiger partial charge in [-0.05, 0) is 41.5 Å². The molecule has 0 aliphatic carbocycles. The number of hydrogen-bond donors (Lipinski definition) is 0. The van der Waals surface area contributed by atoms with E-state index in [4.69, 9.17) is 18.8 Å². The van der Waals surface area contributed by atoms with E-state index in [9.17, 15) is 0 Å². The molecule has 0 saturated carbocycles. The SMILES string of the molecule is B=Cc1oc2c(-c3nc(C(/C=C(\C)c4ccc5c(c4)C(C)(C)c4cccc6c7oc8ccccc8c7n-5c46)=C/BC)c4ccccc4n3)cccc2c1/C=C\CC. The number of allylic oxidation sites excluding steroid dienone is 4. The molecule has 5 aromatic carbocycles.